The van der Waals surface area contributed by atoms with Crippen molar-refractivity contribution in [3.8, 4) is 0 Å². The fourth-order valence-electron chi connectivity index (χ4n) is 18.5. The lowest BCUT2D eigenvalue weighted by Crippen LogP contribution is -2.70. The van der Waals surface area contributed by atoms with Crippen LogP contribution in [0.2, 0.25) is 0 Å². The molecule has 10 rings (SSSR count). The van der Waals surface area contributed by atoms with Crippen molar-refractivity contribution in [1.29, 1.82) is 0 Å². The minimum atomic E-state index is -2.03. The Morgan fingerprint density at radius 3 is 1.59 bits per heavy atom. The van der Waals surface area contributed by atoms with Gasteiger partial charge >= 0.3 is 11.9 Å². The van der Waals surface area contributed by atoms with Crippen molar-refractivity contribution in [3.63, 3.8) is 0 Å². The fraction of sp³-hybridized carbons (Fsp3) is 0.937. The van der Waals surface area contributed by atoms with Gasteiger partial charge < -0.3 is 139 Å². The van der Waals surface area contributed by atoms with Crippen molar-refractivity contribution >= 4 is 11.9 Å². The molecule has 0 spiro atoms. The van der Waals surface area contributed by atoms with Crippen LogP contribution in [0.1, 0.15) is 114 Å². The zero-order valence-electron chi connectivity index (χ0n) is 54.2. The van der Waals surface area contributed by atoms with Crippen LogP contribution in [0.4, 0.5) is 0 Å². The van der Waals surface area contributed by atoms with E-state index in [0.717, 1.165) is 5.57 Å². The first-order chi connectivity index (χ1) is 43.5. The van der Waals surface area contributed by atoms with Crippen molar-refractivity contribution in [3.05, 3.63) is 11.6 Å². The van der Waals surface area contributed by atoms with Gasteiger partial charge in [0.2, 0.25) is 0 Å². The molecule has 0 aromatic heterocycles. The maximum absolute atomic E-state index is 13.5. The number of hydrogen-bond donors (Lipinski definition) is 16. The maximum atomic E-state index is 13.5. The van der Waals surface area contributed by atoms with Crippen LogP contribution < -0.4 is 0 Å². The molecule has 30 nitrogen and oxygen atoms in total. The molecule has 5 heterocycles. The summed E-state index contributed by atoms with van der Waals surface area (Å²) in [6, 6.07) is 0. The number of hydrogen-bond acceptors (Lipinski definition) is 30. The largest absolute Gasteiger partial charge is 0.463 e. The lowest BCUT2D eigenvalue weighted by Gasteiger charge is -2.72. The molecule has 4 saturated carbocycles. The first kappa shape index (κ1) is 73.4. The Hall–Kier alpha value is -2.36. The molecule has 10 aliphatic rings. The van der Waals surface area contributed by atoms with Gasteiger partial charge in [-0.25, -0.2) is 0 Å². The molecule has 30 heteroatoms. The Morgan fingerprint density at radius 1 is 0.516 bits per heavy atom. The molecule has 0 aromatic rings. The zero-order chi connectivity index (χ0) is 68.1. The smallest absolute Gasteiger partial charge is 0.302 e. The average Bonchev–Trinajstić information content (AvgIpc) is 0.671. The van der Waals surface area contributed by atoms with E-state index in [-0.39, 0.29) is 23.7 Å². The number of rotatable bonds is 17. The van der Waals surface area contributed by atoms with Gasteiger partial charge in [0.15, 0.2) is 31.5 Å². The highest BCUT2D eigenvalue weighted by Crippen LogP contribution is 2.76. The van der Waals surface area contributed by atoms with Crippen LogP contribution in [-0.2, 0) is 66.4 Å². The molecule has 34 atom stereocenters. The van der Waals surface area contributed by atoms with E-state index in [1.165, 1.54) is 13.8 Å². The normalized spacial score (nSPS) is 52.0. The molecule has 0 amide bonds. The molecule has 9 fully saturated rings. The summed E-state index contributed by atoms with van der Waals surface area (Å²) in [5, 5.41) is 175. The van der Waals surface area contributed by atoms with Crippen molar-refractivity contribution in [1.82, 2.24) is 0 Å². The number of carbonyl (C=O) groups is 2. The minimum absolute atomic E-state index is 0.0161. The van der Waals surface area contributed by atoms with Gasteiger partial charge in [0.1, 0.15) is 129 Å². The van der Waals surface area contributed by atoms with Gasteiger partial charge in [0.25, 0.3) is 0 Å². The molecule has 0 unspecified atom stereocenters. The molecule has 93 heavy (non-hydrogen) atoms. The molecule has 5 aliphatic carbocycles. The summed E-state index contributed by atoms with van der Waals surface area (Å²) in [4.78, 5) is 25.3. The Labute approximate surface area is 539 Å². The lowest BCUT2D eigenvalue weighted by molar-refractivity contribution is -0.385. The average molecular weight is 1340 g/mol. The van der Waals surface area contributed by atoms with E-state index in [1.807, 2.05) is 0 Å². The van der Waals surface area contributed by atoms with Crippen molar-refractivity contribution in [2.45, 2.75) is 279 Å². The number of allylic oxidation sites excluding steroid dienone is 2. The van der Waals surface area contributed by atoms with E-state index in [0.29, 0.717) is 44.9 Å². The number of ether oxygens (including phenoxy) is 12. The van der Waals surface area contributed by atoms with Crippen molar-refractivity contribution < 1.29 is 148 Å². The van der Waals surface area contributed by atoms with E-state index >= 15 is 0 Å². The number of aliphatic hydroxyl groups excluding tert-OH is 16. The SMILES string of the molecule is CC(=O)OC[C@H]1O[C@@H](O[C@H]2CC(C)(C)C[C@H]3C4=CC[C@@H]5[C@@]6(C)CC[C@H](O[C@@H]7OC[C@H](O[C@@H]8O[C@H](CO)[C@@H](O)[C@H](O)[C@H]8O)[C@H](O)[C@H]7O[C@@H]7O[C@H](CO[C@@H]8O[C@H](CO)[C@@H](O)[C@H](O)[C@H]8O)[C@@H](O)[C@H](O)[C@H]7O)C(C)(C)[C@@H]6CC[C@@]5(C)[C@]4(C)C[C@@H](OC(C)=O)[C@@]23CO)[C@H](O)[C@@H](O)[C@@H]1O. The third-order valence-corrected chi connectivity index (χ3v) is 23.9. The van der Waals surface area contributed by atoms with Gasteiger partial charge in [0, 0.05) is 13.8 Å². The molecule has 16 N–H and O–H groups in total. The van der Waals surface area contributed by atoms with E-state index in [1.54, 1.807) is 0 Å². The van der Waals surface area contributed by atoms with Crippen LogP contribution in [0.25, 0.3) is 0 Å². The number of fused-ring (bicyclic) bond motifs is 7. The lowest BCUT2D eigenvalue weighted by atomic mass is 9.33. The minimum Gasteiger partial charge on any atom is -0.463 e. The van der Waals surface area contributed by atoms with E-state index in [2.05, 4.69) is 54.5 Å². The summed E-state index contributed by atoms with van der Waals surface area (Å²) in [5.41, 5.74) is -2.84. The molecule has 5 aliphatic heterocycles. The van der Waals surface area contributed by atoms with Crippen LogP contribution in [-0.4, -0.2) is 299 Å². The van der Waals surface area contributed by atoms with Gasteiger partial charge in [-0.1, -0.05) is 60.1 Å². The van der Waals surface area contributed by atoms with E-state index < -0.39 is 250 Å². The topological polar surface area (TPSA) is 469 Å². The summed E-state index contributed by atoms with van der Waals surface area (Å²) in [6.45, 7) is 14.0. The van der Waals surface area contributed by atoms with E-state index in [4.69, 9.17) is 56.8 Å². The predicted octanol–water partition coefficient (Wildman–Crippen LogP) is -4.02. The predicted molar refractivity (Wildman–Crippen MR) is 311 cm³/mol. The molecule has 0 radical (unpaired) electrons. The quantitative estimate of drug-likeness (QED) is 0.0375. The number of aliphatic hydroxyl groups is 16. The number of esters is 2. The highest BCUT2D eigenvalue weighted by Gasteiger charge is 2.73. The Kier molecular flexibility index (Phi) is 21.8. The van der Waals surface area contributed by atoms with Gasteiger partial charge in [-0.05, 0) is 96.2 Å². The van der Waals surface area contributed by atoms with Crippen LogP contribution in [0.3, 0.4) is 0 Å². The second-order valence-electron chi connectivity index (χ2n) is 30.1. The second kappa shape index (κ2) is 27.6. The number of carbonyl (C=O) groups excluding carboxylic acids is 2. The first-order valence-corrected chi connectivity index (χ1v) is 32.7. The summed E-state index contributed by atoms with van der Waals surface area (Å²) >= 11 is 0. The van der Waals surface area contributed by atoms with Gasteiger partial charge in [0.05, 0.1) is 50.7 Å². The third-order valence-electron chi connectivity index (χ3n) is 23.9. The second-order valence-corrected chi connectivity index (χ2v) is 30.1. The van der Waals surface area contributed by atoms with Crippen LogP contribution in [0.15, 0.2) is 11.6 Å². The molecule has 0 aromatic carbocycles. The van der Waals surface area contributed by atoms with Crippen LogP contribution >= 0.6 is 0 Å². The van der Waals surface area contributed by atoms with Crippen LogP contribution in [0.5, 0.6) is 0 Å². The van der Waals surface area contributed by atoms with Gasteiger partial charge in [-0.2, -0.15) is 0 Å². The summed E-state index contributed by atoms with van der Waals surface area (Å²) in [5.74, 6) is -1.70. The Bertz CT molecular complexity index is 2610. The summed E-state index contributed by atoms with van der Waals surface area (Å²) in [7, 11) is 0. The highest BCUT2D eigenvalue weighted by atomic mass is 16.8. The zero-order valence-corrected chi connectivity index (χ0v) is 54.2. The van der Waals surface area contributed by atoms with E-state index in [9.17, 15) is 91.3 Å². The fourth-order valence-corrected chi connectivity index (χ4v) is 18.5. The van der Waals surface area contributed by atoms with Gasteiger partial charge in [-0.15, -0.1) is 0 Å². The molecular weight excluding hydrogens is 1240 g/mol. The van der Waals surface area contributed by atoms with Crippen molar-refractivity contribution in [2.75, 3.05) is 39.6 Å². The standard InChI is InChI=1S/C63H102O30/c1-25(67)82-21-31-41(71)46(76)50(80)55(88-31)92-37-17-58(3,4)16-28-27-10-11-35-60(7)14-13-36(59(5,6)34(60)12-15-61(35,8)62(27,9)18-38(85-26(2)68)63(28,37)24-66)91-57-52(43(73)33(23-84-57)90-54-49(79)45(75)40(70)30(20-65)87-54)93-56-51(81)47(77)42(72)32(89-56)22-83-53-48(78)44(74)39(69)29(19-64)86-53/h10,28-57,64-66,69-81H,11-24H2,1-9H3/t28-,29+,30+,31+,32+,33-,34-,35+,36-,37-,38+,39+,40+,41+,42+,43-,44-,45-,46-,47-,48+,49+,50+,51+,52+,53+,54-,55-,56-,57-,60-,61+,62+,63+/m0/s1. The Balaban J connectivity index is 0.915. The third kappa shape index (κ3) is 12.9. The monoisotopic (exact) mass is 1340 g/mol. The van der Waals surface area contributed by atoms with Gasteiger partial charge in [-0.3, -0.25) is 9.59 Å². The molecule has 534 valence electrons. The summed E-state index contributed by atoms with van der Waals surface area (Å²) in [6.07, 6.45) is -37.0. The maximum Gasteiger partial charge on any atom is 0.302 e. The highest BCUT2D eigenvalue weighted by molar-refractivity contribution is 5.66. The summed E-state index contributed by atoms with van der Waals surface area (Å²) < 4.78 is 72.9. The Morgan fingerprint density at radius 2 is 1.03 bits per heavy atom. The van der Waals surface area contributed by atoms with Crippen molar-refractivity contribution in [2.24, 2.45) is 50.2 Å². The molecule has 5 saturated heterocycles. The molecule has 0 bridgehead atoms. The van der Waals surface area contributed by atoms with Crippen LogP contribution in [0, 0.1) is 50.2 Å². The molecular formula is C63H102O30. The first-order valence-electron chi connectivity index (χ1n) is 32.7.